The summed E-state index contributed by atoms with van der Waals surface area (Å²) in [6, 6.07) is 4.81. The van der Waals surface area contributed by atoms with Crippen molar-refractivity contribution in [3.05, 3.63) is 39.9 Å². The zero-order valence-corrected chi connectivity index (χ0v) is 18.1. The number of hydrogen-bond acceptors (Lipinski definition) is 4. The van der Waals surface area contributed by atoms with Crippen molar-refractivity contribution in [2.24, 2.45) is 0 Å². The van der Waals surface area contributed by atoms with Crippen molar-refractivity contribution in [3.8, 4) is 5.75 Å². The average Bonchev–Trinajstić information content (AvgIpc) is 2.81. The van der Waals surface area contributed by atoms with Gasteiger partial charge in [0.05, 0.1) is 5.02 Å². The standard InChI is InChI=1S/C20H27Cl2N3O3/c1-19(2)11-14(20(3,4)25-19)18(27)24-9-5-8-23-17(26)12-28-16-7-6-13(21)10-15(16)22/h6-7,10-11,25H,5,8-9,12H2,1-4H3,(H,23,26)(H,24,27). The van der Waals surface area contributed by atoms with Crippen molar-refractivity contribution in [1.82, 2.24) is 16.0 Å². The van der Waals surface area contributed by atoms with Gasteiger partial charge in [-0.25, -0.2) is 0 Å². The summed E-state index contributed by atoms with van der Waals surface area (Å²) in [7, 11) is 0. The number of carbonyl (C=O) groups is 2. The Kier molecular flexibility index (Phi) is 7.37. The van der Waals surface area contributed by atoms with Gasteiger partial charge in [-0.2, -0.15) is 0 Å². The molecule has 3 N–H and O–H groups in total. The first-order valence-corrected chi connectivity index (χ1v) is 9.91. The molecule has 1 aromatic carbocycles. The minimum absolute atomic E-state index is 0.0879. The number of benzene rings is 1. The van der Waals surface area contributed by atoms with Crippen LogP contribution in [0.5, 0.6) is 5.75 Å². The van der Waals surface area contributed by atoms with Crippen molar-refractivity contribution in [1.29, 1.82) is 0 Å². The molecule has 0 fully saturated rings. The molecule has 1 aliphatic rings. The monoisotopic (exact) mass is 427 g/mol. The van der Waals surface area contributed by atoms with Crippen LogP contribution in [0.1, 0.15) is 34.1 Å². The minimum Gasteiger partial charge on any atom is -0.482 e. The van der Waals surface area contributed by atoms with Gasteiger partial charge >= 0.3 is 0 Å². The largest absolute Gasteiger partial charge is 0.482 e. The Morgan fingerprint density at radius 3 is 2.39 bits per heavy atom. The highest BCUT2D eigenvalue weighted by atomic mass is 35.5. The molecule has 1 heterocycles. The molecular weight excluding hydrogens is 401 g/mol. The molecule has 0 saturated carbocycles. The van der Waals surface area contributed by atoms with Crippen LogP contribution in [0.4, 0.5) is 0 Å². The second-order valence-corrected chi connectivity index (χ2v) is 8.70. The van der Waals surface area contributed by atoms with Gasteiger partial charge in [-0.1, -0.05) is 29.3 Å². The molecule has 2 rings (SSSR count). The first-order valence-electron chi connectivity index (χ1n) is 9.16. The van der Waals surface area contributed by atoms with E-state index in [1.165, 1.54) is 0 Å². The number of rotatable bonds is 8. The number of carbonyl (C=O) groups excluding carboxylic acids is 2. The highest BCUT2D eigenvalue weighted by Crippen LogP contribution is 2.29. The molecule has 0 atom stereocenters. The van der Waals surface area contributed by atoms with Crippen LogP contribution in [0.25, 0.3) is 0 Å². The Labute approximate surface area is 176 Å². The summed E-state index contributed by atoms with van der Waals surface area (Å²) >= 11 is 11.8. The lowest BCUT2D eigenvalue weighted by Gasteiger charge is -2.27. The third-order valence-electron chi connectivity index (χ3n) is 4.27. The zero-order valence-electron chi connectivity index (χ0n) is 16.6. The Balaban J connectivity index is 1.66. The van der Waals surface area contributed by atoms with Crippen molar-refractivity contribution in [3.63, 3.8) is 0 Å². The third-order valence-corrected chi connectivity index (χ3v) is 4.80. The molecule has 1 aromatic rings. The quantitative estimate of drug-likeness (QED) is 0.556. The van der Waals surface area contributed by atoms with Gasteiger partial charge < -0.3 is 15.4 Å². The van der Waals surface area contributed by atoms with Crippen LogP contribution in [0.15, 0.2) is 29.8 Å². The van der Waals surface area contributed by atoms with Crippen molar-refractivity contribution in [2.45, 2.75) is 45.2 Å². The maximum absolute atomic E-state index is 12.4. The predicted octanol–water partition coefficient (Wildman–Crippen LogP) is 3.08. The lowest BCUT2D eigenvalue weighted by Crippen LogP contribution is -2.47. The van der Waals surface area contributed by atoms with Crippen LogP contribution in [-0.2, 0) is 9.59 Å². The van der Waals surface area contributed by atoms with E-state index < -0.39 is 0 Å². The lowest BCUT2D eigenvalue weighted by atomic mass is 9.96. The first kappa shape index (κ1) is 22.5. The van der Waals surface area contributed by atoms with Crippen molar-refractivity contribution < 1.29 is 14.3 Å². The molecule has 1 aliphatic heterocycles. The normalized spacial score (nSPS) is 17.0. The second kappa shape index (κ2) is 9.16. The van der Waals surface area contributed by atoms with Crippen LogP contribution in [-0.4, -0.2) is 42.6 Å². The van der Waals surface area contributed by atoms with E-state index in [9.17, 15) is 9.59 Å². The average molecular weight is 428 g/mol. The molecule has 0 saturated heterocycles. The number of hydrogen-bond donors (Lipinski definition) is 3. The summed E-state index contributed by atoms with van der Waals surface area (Å²) in [5, 5.41) is 9.91. The molecule has 154 valence electrons. The van der Waals surface area contributed by atoms with Gasteiger partial charge in [0.2, 0.25) is 5.91 Å². The molecular formula is C20H27Cl2N3O3. The Morgan fingerprint density at radius 1 is 1.11 bits per heavy atom. The molecule has 0 radical (unpaired) electrons. The topological polar surface area (TPSA) is 79.5 Å². The van der Waals surface area contributed by atoms with Gasteiger partial charge in [-0.05, 0) is 52.3 Å². The molecule has 0 bridgehead atoms. The summed E-state index contributed by atoms with van der Waals surface area (Å²) in [6.07, 6.45) is 2.58. The molecule has 0 aliphatic carbocycles. The van der Waals surface area contributed by atoms with Crippen molar-refractivity contribution in [2.75, 3.05) is 19.7 Å². The summed E-state index contributed by atoms with van der Waals surface area (Å²) in [5.74, 6) is 0.0514. The number of halogens is 2. The highest BCUT2D eigenvalue weighted by molar-refractivity contribution is 6.35. The van der Waals surface area contributed by atoms with E-state index in [4.69, 9.17) is 27.9 Å². The van der Waals surface area contributed by atoms with Gasteiger partial charge in [0, 0.05) is 34.8 Å². The van der Waals surface area contributed by atoms with Crippen LogP contribution >= 0.6 is 23.2 Å². The van der Waals surface area contributed by atoms with E-state index in [-0.39, 0.29) is 29.5 Å². The van der Waals surface area contributed by atoms with E-state index in [2.05, 4.69) is 16.0 Å². The maximum atomic E-state index is 12.4. The van der Waals surface area contributed by atoms with Gasteiger partial charge in [0.1, 0.15) is 5.75 Å². The Bertz CT molecular complexity index is 776. The fourth-order valence-corrected chi connectivity index (χ4v) is 3.66. The second-order valence-electron chi connectivity index (χ2n) is 7.85. The smallest absolute Gasteiger partial charge is 0.257 e. The molecule has 8 heteroatoms. The van der Waals surface area contributed by atoms with Crippen LogP contribution in [0.3, 0.4) is 0 Å². The third kappa shape index (κ3) is 6.40. The minimum atomic E-state index is -0.373. The van der Waals surface area contributed by atoms with Gasteiger partial charge in [0.25, 0.3) is 5.91 Å². The van der Waals surface area contributed by atoms with E-state index in [0.717, 1.165) is 5.57 Å². The van der Waals surface area contributed by atoms with Crippen LogP contribution in [0, 0.1) is 0 Å². The number of ether oxygens (including phenoxy) is 1. The fraction of sp³-hybridized carbons (Fsp3) is 0.500. The molecule has 0 unspecified atom stereocenters. The fourth-order valence-electron chi connectivity index (χ4n) is 3.20. The highest BCUT2D eigenvalue weighted by Gasteiger charge is 2.39. The van der Waals surface area contributed by atoms with Gasteiger partial charge in [0.15, 0.2) is 6.61 Å². The first-order chi connectivity index (χ1) is 13.0. The van der Waals surface area contributed by atoms with E-state index >= 15 is 0 Å². The maximum Gasteiger partial charge on any atom is 0.257 e. The van der Waals surface area contributed by atoms with E-state index in [1.807, 2.05) is 33.8 Å². The zero-order chi connectivity index (χ0) is 20.9. The molecule has 0 aromatic heterocycles. The van der Waals surface area contributed by atoms with Gasteiger partial charge in [-0.3, -0.25) is 14.9 Å². The summed E-state index contributed by atoms with van der Waals surface area (Å²) in [5.41, 5.74) is 0.147. The Morgan fingerprint density at radius 2 is 1.79 bits per heavy atom. The van der Waals surface area contributed by atoms with Gasteiger partial charge in [-0.15, -0.1) is 0 Å². The SMILES string of the molecule is CC1(C)C=C(C(=O)NCCCNC(=O)COc2ccc(Cl)cc2Cl)C(C)(C)N1. The molecule has 2 amide bonds. The van der Waals surface area contributed by atoms with E-state index in [0.29, 0.717) is 35.3 Å². The number of nitrogens with one attached hydrogen (secondary N) is 3. The van der Waals surface area contributed by atoms with Crippen LogP contribution in [0.2, 0.25) is 10.0 Å². The lowest BCUT2D eigenvalue weighted by molar-refractivity contribution is -0.123. The Hall–Kier alpha value is -1.76. The molecule has 6 nitrogen and oxygen atoms in total. The molecule has 28 heavy (non-hydrogen) atoms. The number of amides is 2. The summed E-state index contributed by atoms with van der Waals surface area (Å²) in [6.45, 7) is 8.80. The summed E-state index contributed by atoms with van der Waals surface area (Å²) < 4.78 is 5.37. The predicted molar refractivity (Wildman–Crippen MR) is 112 cm³/mol. The van der Waals surface area contributed by atoms with Crippen LogP contribution < -0.4 is 20.7 Å². The molecule has 0 spiro atoms. The summed E-state index contributed by atoms with van der Waals surface area (Å²) in [4.78, 5) is 24.3. The van der Waals surface area contributed by atoms with Crippen molar-refractivity contribution >= 4 is 35.0 Å². The van der Waals surface area contributed by atoms with E-state index in [1.54, 1.807) is 18.2 Å².